The van der Waals surface area contributed by atoms with Gasteiger partial charge in [-0.3, -0.25) is 14.0 Å². The molecule has 3 saturated carbocycles. The zero-order chi connectivity index (χ0) is 23.0. The summed E-state index contributed by atoms with van der Waals surface area (Å²) in [5.74, 6) is 1.81. The molecule has 0 aliphatic heterocycles. The molecule has 2 heterocycles. The Hall–Kier alpha value is -2.41. The summed E-state index contributed by atoms with van der Waals surface area (Å²) in [4.78, 5) is 32.4. The van der Waals surface area contributed by atoms with E-state index >= 15 is 0 Å². The number of amides is 2. The number of carbonyl (C=O) groups excluding carboxylic acids is 2. The van der Waals surface area contributed by atoms with Crippen molar-refractivity contribution in [2.24, 2.45) is 23.2 Å². The van der Waals surface area contributed by atoms with Gasteiger partial charge >= 0.3 is 0 Å². The van der Waals surface area contributed by atoms with Gasteiger partial charge in [-0.1, -0.05) is 19.9 Å². The van der Waals surface area contributed by atoms with Crippen LogP contribution in [0.1, 0.15) is 67.9 Å². The molecule has 3 aliphatic carbocycles. The van der Waals surface area contributed by atoms with Gasteiger partial charge in [0.2, 0.25) is 0 Å². The molecule has 2 aromatic heterocycles. The van der Waals surface area contributed by atoms with Gasteiger partial charge in [-0.25, -0.2) is 4.98 Å². The first-order valence-electron chi connectivity index (χ1n) is 11.8. The van der Waals surface area contributed by atoms with Crippen LogP contribution < -0.4 is 5.32 Å². The van der Waals surface area contributed by atoms with Gasteiger partial charge in [0.05, 0.1) is 6.61 Å². The summed E-state index contributed by atoms with van der Waals surface area (Å²) in [6.45, 7) is 10.3. The van der Waals surface area contributed by atoms with Crippen molar-refractivity contribution in [1.29, 1.82) is 0 Å². The molecule has 0 radical (unpaired) electrons. The lowest BCUT2D eigenvalue weighted by Gasteiger charge is -2.60. The number of nitrogens with zero attached hydrogens (tertiary/aromatic N) is 3. The normalized spacial score (nSPS) is 23.8. The third-order valence-corrected chi connectivity index (χ3v) is 7.89. The summed E-state index contributed by atoms with van der Waals surface area (Å²) in [5.41, 5.74) is 1.84. The van der Waals surface area contributed by atoms with Crippen LogP contribution in [0.2, 0.25) is 0 Å². The second-order valence-electron chi connectivity index (χ2n) is 10.3. The van der Waals surface area contributed by atoms with Crippen molar-refractivity contribution in [3.05, 3.63) is 35.8 Å². The van der Waals surface area contributed by atoms with Crippen molar-refractivity contribution < 1.29 is 14.3 Å². The van der Waals surface area contributed by atoms with Crippen LogP contribution in [-0.4, -0.2) is 58.9 Å². The Morgan fingerprint density at radius 1 is 1.31 bits per heavy atom. The first-order valence-corrected chi connectivity index (χ1v) is 11.8. The Morgan fingerprint density at radius 2 is 2.09 bits per heavy atom. The summed E-state index contributed by atoms with van der Waals surface area (Å²) in [6.07, 6.45) is 5.43. The predicted octanol–water partition coefficient (Wildman–Crippen LogP) is 3.63. The van der Waals surface area contributed by atoms with Gasteiger partial charge in [-0.15, -0.1) is 0 Å². The van der Waals surface area contributed by atoms with Crippen molar-refractivity contribution in [2.75, 3.05) is 26.8 Å². The maximum Gasteiger partial charge on any atom is 0.274 e. The summed E-state index contributed by atoms with van der Waals surface area (Å²) >= 11 is 0. The second kappa shape index (κ2) is 8.85. The Bertz CT molecular complexity index is 994. The SMILES string of the molecule is COCCN(C(=O)c1cn2c(C(=O)NCC3CC[C@H]4C[C@@H]3C4(C)C)cccc2n1)C(C)C. The van der Waals surface area contributed by atoms with E-state index in [0.29, 0.717) is 54.0 Å². The van der Waals surface area contributed by atoms with Gasteiger partial charge in [0.1, 0.15) is 17.0 Å². The molecule has 0 saturated heterocycles. The number of ether oxygens (including phenoxy) is 1. The zero-order valence-corrected chi connectivity index (χ0v) is 19.9. The average molecular weight is 441 g/mol. The molecule has 3 fully saturated rings. The van der Waals surface area contributed by atoms with Gasteiger partial charge in [-0.2, -0.15) is 0 Å². The summed E-state index contributed by atoms with van der Waals surface area (Å²) in [5, 5.41) is 3.16. The minimum absolute atomic E-state index is 0.0241. The fourth-order valence-electron chi connectivity index (χ4n) is 5.75. The second-order valence-corrected chi connectivity index (χ2v) is 10.3. The van der Waals surface area contributed by atoms with Gasteiger partial charge in [0.15, 0.2) is 0 Å². The maximum absolute atomic E-state index is 13.1. The molecule has 1 N–H and O–H groups in total. The first kappa shape index (κ1) is 22.8. The lowest BCUT2D eigenvalue weighted by Crippen LogP contribution is -2.54. The quantitative estimate of drug-likeness (QED) is 0.680. The standard InChI is InChI=1S/C25H36N4O3/c1-16(2)28(11-12-32-5)24(31)20-15-29-21(7-6-8-22(29)27-20)23(30)26-14-17-9-10-18-13-19(17)25(18,3)4/h6-8,15-19H,9-14H2,1-5H3,(H,26,30)/t17?,18-,19-/m0/s1. The van der Waals surface area contributed by atoms with E-state index < -0.39 is 0 Å². The van der Waals surface area contributed by atoms with Crippen LogP contribution in [0.3, 0.4) is 0 Å². The highest BCUT2D eigenvalue weighted by molar-refractivity contribution is 5.95. The highest BCUT2D eigenvalue weighted by atomic mass is 16.5. The van der Waals surface area contributed by atoms with Crippen LogP contribution in [-0.2, 0) is 4.74 Å². The smallest absolute Gasteiger partial charge is 0.274 e. The molecule has 174 valence electrons. The number of fused-ring (bicyclic) bond motifs is 3. The van der Waals surface area contributed by atoms with Crippen LogP contribution in [0.4, 0.5) is 0 Å². The predicted molar refractivity (Wildman–Crippen MR) is 124 cm³/mol. The van der Waals surface area contributed by atoms with Crippen molar-refractivity contribution in [3.8, 4) is 0 Å². The maximum atomic E-state index is 13.1. The van der Waals surface area contributed by atoms with Crippen LogP contribution in [0.25, 0.3) is 5.65 Å². The van der Waals surface area contributed by atoms with E-state index in [1.54, 1.807) is 28.7 Å². The fraction of sp³-hybridized carbons (Fsp3) is 0.640. The van der Waals surface area contributed by atoms with E-state index in [9.17, 15) is 9.59 Å². The number of hydrogen-bond acceptors (Lipinski definition) is 4. The van der Waals surface area contributed by atoms with E-state index in [1.165, 1.54) is 19.3 Å². The number of rotatable bonds is 8. The minimum atomic E-state index is -0.156. The first-order chi connectivity index (χ1) is 15.2. The molecule has 2 aromatic rings. The molecule has 32 heavy (non-hydrogen) atoms. The number of aromatic nitrogens is 2. The van der Waals surface area contributed by atoms with Gasteiger partial charge in [0, 0.05) is 32.4 Å². The molecular weight excluding hydrogens is 404 g/mol. The van der Waals surface area contributed by atoms with Crippen molar-refractivity contribution >= 4 is 17.5 Å². The van der Waals surface area contributed by atoms with E-state index in [1.807, 2.05) is 26.0 Å². The molecule has 5 rings (SSSR count). The zero-order valence-electron chi connectivity index (χ0n) is 19.9. The number of pyridine rings is 1. The minimum Gasteiger partial charge on any atom is -0.383 e. The van der Waals surface area contributed by atoms with Gasteiger partial charge < -0.3 is 15.0 Å². The molecule has 7 heteroatoms. The van der Waals surface area contributed by atoms with Crippen molar-refractivity contribution in [1.82, 2.24) is 19.6 Å². The van der Waals surface area contributed by atoms with Gasteiger partial charge in [0.25, 0.3) is 11.8 Å². The van der Waals surface area contributed by atoms with Crippen LogP contribution in [0.15, 0.2) is 24.4 Å². The van der Waals surface area contributed by atoms with Crippen LogP contribution in [0, 0.1) is 23.2 Å². The highest BCUT2D eigenvalue weighted by Gasteiger charge is 2.53. The Morgan fingerprint density at radius 3 is 2.75 bits per heavy atom. The summed E-state index contributed by atoms with van der Waals surface area (Å²) in [6, 6.07) is 5.45. The largest absolute Gasteiger partial charge is 0.383 e. The van der Waals surface area contributed by atoms with Crippen molar-refractivity contribution in [2.45, 2.75) is 53.0 Å². The summed E-state index contributed by atoms with van der Waals surface area (Å²) < 4.78 is 6.87. The lowest BCUT2D eigenvalue weighted by atomic mass is 9.45. The molecule has 0 aromatic carbocycles. The molecule has 3 atom stereocenters. The van der Waals surface area contributed by atoms with E-state index in [0.717, 1.165) is 5.92 Å². The molecule has 7 nitrogen and oxygen atoms in total. The molecule has 2 bridgehead atoms. The average Bonchev–Trinajstić information content (AvgIpc) is 3.21. The van der Waals surface area contributed by atoms with Crippen LogP contribution >= 0.6 is 0 Å². The monoisotopic (exact) mass is 440 g/mol. The molecule has 2 amide bonds. The molecule has 0 spiro atoms. The Balaban J connectivity index is 1.49. The summed E-state index contributed by atoms with van der Waals surface area (Å²) in [7, 11) is 1.62. The number of carbonyl (C=O) groups is 2. The highest BCUT2D eigenvalue weighted by Crippen LogP contribution is 2.61. The molecule has 3 aliphatic rings. The third-order valence-electron chi connectivity index (χ3n) is 7.89. The molecular formula is C25H36N4O3. The van der Waals surface area contributed by atoms with Crippen LogP contribution in [0.5, 0.6) is 0 Å². The fourth-order valence-corrected chi connectivity index (χ4v) is 5.75. The third kappa shape index (κ3) is 4.03. The number of nitrogens with one attached hydrogen (secondary N) is 1. The Kier molecular flexibility index (Phi) is 6.30. The van der Waals surface area contributed by atoms with Crippen molar-refractivity contribution in [3.63, 3.8) is 0 Å². The molecule has 1 unspecified atom stereocenters. The lowest BCUT2D eigenvalue weighted by molar-refractivity contribution is -0.103. The topological polar surface area (TPSA) is 75.9 Å². The van der Waals surface area contributed by atoms with Gasteiger partial charge in [-0.05, 0) is 68.4 Å². The number of methoxy groups -OCH3 is 1. The number of imidazole rings is 1. The Labute approximate surface area is 190 Å². The van der Waals surface area contributed by atoms with E-state index in [2.05, 4.69) is 24.1 Å². The number of hydrogen-bond donors (Lipinski definition) is 1. The van der Waals surface area contributed by atoms with E-state index in [4.69, 9.17) is 4.74 Å². The van der Waals surface area contributed by atoms with E-state index in [-0.39, 0.29) is 17.9 Å².